The Kier molecular flexibility index (Phi) is 6.17. The lowest BCUT2D eigenvalue weighted by Gasteiger charge is -2.33. The molecule has 0 fully saturated rings. The second kappa shape index (κ2) is 11.1. The van der Waals surface area contributed by atoms with Gasteiger partial charge in [-0.05, 0) is 74.5 Å². The summed E-state index contributed by atoms with van der Waals surface area (Å²) in [5.41, 5.74) is 12.4. The molecule has 0 atom stereocenters. The highest BCUT2D eigenvalue weighted by molar-refractivity contribution is 6.14. The first-order chi connectivity index (χ1) is 25.8. The van der Waals surface area contributed by atoms with Crippen molar-refractivity contribution in [3.63, 3.8) is 0 Å². The second-order valence-electron chi connectivity index (χ2n) is 13.7. The molecule has 242 valence electrons. The van der Waals surface area contributed by atoms with E-state index in [1.165, 1.54) is 44.2 Å². The number of aromatic nitrogens is 2. The van der Waals surface area contributed by atoms with E-state index >= 15 is 0 Å². The smallest absolute Gasteiger partial charge is 0.161 e. The summed E-state index contributed by atoms with van der Waals surface area (Å²) in [5, 5.41) is 5.49. The van der Waals surface area contributed by atoms with E-state index < -0.39 is 5.41 Å². The molecule has 3 heteroatoms. The lowest BCUT2D eigenvalue weighted by Crippen LogP contribution is -2.28. The lowest BCUT2D eigenvalue weighted by molar-refractivity contribution is 0.666. The maximum absolute atomic E-state index is 6.80. The zero-order chi connectivity index (χ0) is 34.2. The van der Waals surface area contributed by atoms with Crippen LogP contribution < -0.4 is 0 Å². The van der Waals surface area contributed by atoms with Gasteiger partial charge in [-0.3, -0.25) is 0 Å². The van der Waals surface area contributed by atoms with Crippen molar-refractivity contribution in [2.75, 3.05) is 0 Å². The Hall–Kier alpha value is -6.84. The molecule has 10 aromatic rings. The minimum atomic E-state index is -0.499. The van der Waals surface area contributed by atoms with E-state index in [4.69, 9.17) is 14.4 Å². The first kappa shape index (κ1) is 28.9. The van der Waals surface area contributed by atoms with Crippen LogP contribution >= 0.6 is 0 Å². The van der Waals surface area contributed by atoms with E-state index in [9.17, 15) is 0 Å². The molecule has 8 aromatic carbocycles. The van der Waals surface area contributed by atoms with Gasteiger partial charge in [-0.15, -0.1) is 0 Å². The number of fused-ring (bicyclic) bond motifs is 8. The molecule has 2 heterocycles. The standard InChI is InChI=1S/C49H30N2O/c1-3-16-34(17-4-1)49(35-18-5-2-6-19-35)41-23-11-9-20-36(41)39-29-40-45(30-42(39)49)52-44-25-13-22-38(46(40)44)48-50-43-24-12-10-21-37(43)47(51-48)33-27-26-31-14-7-8-15-32(31)28-33/h1-30H. The van der Waals surface area contributed by atoms with Crippen molar-refractivity contribution in [1.82, 2.24) is 9.97 Å². The van der Waals surface area contributed by atoms with Crippen molar-refractivity contribution < 1.29 is 4.42 Å². The molecule has 0 N–H and O–H groups in total. The minimum Gasteiger partial charge on any atom is -0.456 e. The van der Waals surface area contributed by atoms with E-state index in [2.05, 4.69) is 176 Å². The Labute approximate surface area is 300 Å². The molecule has 0 unspecified atom stereocenters. The van der Waals surface area contributed by atoms with E-state index in [0.29, 0.717) is 5.82 Å². The number of hydrogen-bond acceptors (Lipinski definition) is 3. The SMILES string of the molecule is c1ccc(C2(c3ccccc3)c3ccccc3-c3cc4c(cc32)oc2cccc(-c3nc(-c5ccc6ccccc6c5)c5ccccc5n3)c24)cc1. The Balaban J connectivity index is 1.19. The molecule has 2 aromatic heterocycles. The quantitative estimate of drug-likeness (QED) is 0.188. The van der Waals surface area contributed by atoms with Gasteiger partial charge in [0.1, 0.15) is 11.2 Å². The van der Waals surface area contributed by atoms with Gasteiger partial charge in [-0.2, -0.15) is 0 Å². The lowest BCUT2D eigenvalue weighted by atomic mass is 9.67. The summed E-state index contributed by atoms with van der Waals surface area (Å²) in [6.45, 7) is 0. The van der Waals surface area contributed by atoms with Gasteiger partial charge in [0.2, 0.25) is 0 Å². The van der Waals surface area contributed by atoms with Crippen molar-refractivity contribution in [1.29, 1.82) is 0 Å². The third kappa shape index (κ3) is 4.08. The van der Waals surface area contributed by atoms with Crippen molar-refractivity contribution in [2.45, 2.75) is 5.41 Å². The van der Waals surface area contributed by atoms with Crippen LogP contribution in [-0.4, -0.2) is 9.97 Å². The molecule has 3 nitrogen and oxygen atoms in total. The van der Waals surface area contributed by atoms with Crippen LogP contribution in [0.2, 0.25) is 0 Å². The molecule has 1 aliphatic carbocycles. The highest BCUT2D eigenvalue weighted by atomic mass is 16.3. The van der Waals surface area contributed by atoms with Gasteiger partial charge in [-0.1, -0.05) is 152 Å². The summed E-state index contributed by atoms with van der Waals surface area (Å²) in [6, 6.07) is 64.8. The topological polar surface area (TPSA) is 38.9 Å². The van der Waals surface area contributed by atoms with Crippen molar-refractivity contribution in [3.05, 3.63) is 204 Å². The van der Waals surface area contributed by atoms with Crippen LogP contribution in [0.1, 0.15) is 22.3 Å². The maximum Gasteiger partial charge on any atom is 0.161 e. The van der Waals surface area contributed by atoms with Crippen LogP contribution in [0.25, 0.3) is 77.4 Å². The predicted octanol–water partition coefficient (Wildman–Crippen LogP) is 12.4. The molecule has 0 amide bonds. The minimum absolute atomic E-state index is 0.499. The number of benzene rings is 8. The molecule has 0 saturated heterocycles. The van der Waals surface area contributed by atoms with Gasteiger partial charge in [0.05, 0.1) is 16.6 Å². The molecule has 0 bridgehead atoms. The van der Waals surface area contributed by atoms with Crippen molar-refractivity contribution in [3.8, 4) is 33.8 Å². The normalized spacial score (nSPS) is 13.2. The van der Waals surface area contributed by atoms with Gasteiger partial charge in [-0.25, -0.2) is 9.97 Å². The zero-order valence-corrected chi connectivity index (χ0v) is 28.1. The Morgan fingerprint density at radius 2 is 1.12 bits per heavy atom. The van der Waals surface area contributed by atoms with Crippen LogP contribution in [0.3, 0.4) is 0 Å². The highest BCUT2D eigenvalue weighted by Crippen LogP contribution is 2.57. The summed E-state index contributed by atoms with van der Waals surface area (Å²) in [7, 11) is 0. The number of furan rings is 1. The van der Waals surface area contributed by atoms with Crippen molar-refractivity contribution in [2.24, 2.45) is 0 Å². The van der Waals surface area contributed by atoms with Gasteiger partial charge >= 0.3 is 0 Å². The third-order valence-electron chi connectivity index (χ3n) is 10.9. The molecular weight excluding hydrogens is 633 g/mol. The Bertz CT molecular complexity index is 2980. The fraction of sp³-hybridized carbons (Fsp3) is 0.0204. The second-order valence-corrected chi connectivity index (χ2v) is 13.7. The van der Waals surface area contributed by atoms with E-state index in [-0.39, 0.29) is 0 Å². The van der Waals surface area contributed by atoms with E-state index in [1.807, 2.05) is 6.07 Å². The monoisotopic (exact) mass is 662 g/mol. The van der Waals surface area contributed by atoms with Gasteiger partial charge in [0, 0.05) is 27.3 Å². The van der Waals surface area contributed by atoms with Gasteiger partial charge in [0.25, 0.3) is 0 Å². The maximum atomic E-state index is 6.80. The molecule has 1 aliphatic rings. The number of hydrogen-bond donors (Lipinski definition) is 0. The first-order valence-corrected chi connectivity index (χ1v) is 17.7. The zero-order valence-electron chi connectivity index (χ0n) is 28.1. The van der Waals surface area contributed by atoms with Crippen LogP contribution in [0.5, 0.6) is 0 Å². The predicted molar refractivity (Wildman–Crippen MR) is 212 cm³/mol. The third-order valence-corrected chi connectivity index (χ3v) is 10.9. The summed E-state index contributed by atoms with van der Waals surface area (Å²) < 4.78 is 6.80. The van der Waals surface area contributed by atoms with Crippen LogP contribution in [0.15, 0.2) is 186 Å². The molecule has 0 radical (unpaired) electrons. The molecule has 0 spiro atoms. The Morgan fingerprint density at radius 3 is 1.94 bits per heavy atom. The van der Waals surface area contributed by atoms with Crippen LogP contribution in [0, 0.1) is 0 Å². The molecule has 0 saturated carbocycles. The van der Waals surface area contributed by atoms with Crippen molar-refractivity contribution >= 4 is 43.6 Å². The van der Waals surface area contributed by atoms with E-state index in [1.54, 1.807) is 0 Å². The fourth-order valence-electron chi connectivity index (χ4n) is 8.70. The molecule has 0 aliphatic heterocycles. The van der Waals surface area contributed by atoms with E-state index in [0.717, 1.165) is 49.7 Å². The number of nitrogens with zero attached hydrogens (tertiary/aromatic N) is 2. The largest absolute Gasteiger partial charge is 0.456 e. The molecular formula is C49H30N2O. The Morgan fingerprint density at radius 1 is 0.423 bits per heavy atom. The van der Waals surface area contributed by atoms with Crippen LogP contribution in [-0.2, 0) is 5.41 Å². The number of rotatable bonds is 4. The summed E-state index contributed by atoms with van der Waals surface area (Å²) >= 11 is 0. The summed E-state index contributed by atoms with van der Waals surface area (Å²) in [5.74, 6) is 0.680. The number of para-hydroxylation sites is 1. The molecule has 52 heavy (non-hydrogen) atoms. The van der Waals surface area contributed by atoms with Gasteiger partial charge in [0.15, 0.2) is 5.82 Å². The first-order valence-electron chi connectivity index (χ1n) is 17.7. The average molecular weight is 663 g/mol. The molecule has 11 rings (SSSR count). The summed E-state index contributed by atoms with van der Waals surface area (Å²) in [4.78, 5) is 10.5. The highest BCUT2D eigenvalue weighted by Gasteiger charge is 2.46. The average Bonchev–Trinajstić information content (AvgIpc) is 3.73. The fourth-order valence-corrected chi connectivity index (χ4v) is 8.70. The van der Waals surface area contributed by atoms with Crippen LogP contribution in [0.4, 0.5) is 0 Å². The summed E-state index contributed by atoms with van der Waals surface area (Å²) in [6.07, 6.45) is 0. The van der Waals surface area contributed by atoms with Gasteiger partial charge < -0.3 is 4.42 Å².